The van der Waals surface area contributed by atoms with Crippen molar-refractivity contribution in [2.45, 2.75) is 18.9 Å². The molecular formula is C20H19N5O2S. The normalized spacial score (nSPS) is 16.0. The topological polar surface area (TPSA) is 87.2 Å². The zero-order valence-electron chi connectivity index (χ0n) is 15.0. The number of aromatic nitrogens is 2. The number of hydrogen-bond donors (Lipinski definition) is 2. The number of carbonyl (C=O) groups is 2. The molecule has 1 aliphatic heterocycles. The van der Waals surface area contributed by atoms with E-state index in [1.807, 2.05) is 60.7 Å². The van der Waals surface area contributed by atoms with Crippen molar-refractivity contribution in [1.29, 1.82) is 0 Å². The third kappa shape index (κ3) is 4.01. The fraction of sp³-hybridized carbons (Fsp3) is 0.200. The highest BCUT2D eigenvalue weighted by molar-refractivity contribution is 7.13. The number of urea groups is 1. The van der Waals surface area contributed by atoms with Gasteiger partial charge < -0.3 is 15.5 Å². The van der Waals surface area contributed by atoms with Gasteiger partial charge in [0, 0.05) is 17.9 Å². The maximum absolute atomic E-state index is 12.7. The van der Waals surface area contributed by atoms with E-state index in [1.54, 1.807) is 4.90 Å². The quantitative estimate of drug-likeness (QED) is 0.697. The van der Waals surface area contributed by atoms with Gasteiger partial charge in [0.15, 0.2) is 0 Å². The Morgan fingerprint density at radius 1 is 0.929 bits per heavy atom. The smallest absolute Gasteiger partial charge is 0.320 e. The Hall–Kier alpha value is -3.26. The van der Waals surface area contributed by atoms with Crippen LogP contribution in [-0.2, 0) is 0 Å². The minimum atomic E-state index is -0.298. The lowest BCUT2D eigenvalue weighted by molar-refractivity contribution is 0.102. The first-order chi connectivity index (χ1) is 13.7. The van der Waals surface area contributed by atoms with Crippen molar-refractivity contribution in [2.75, 3.05) is 17.2 Å². The van der Waals surface area contributed by atoms with Gasteiger partial charge in [0.25, 0.3) is 5.91 Å². The van der Waals surface area contributed by atoms with Crippen molar-refractivity contribution in [1.82, 2.24) is 15.1 Å². The van der Waals surface area contributed by atoms with Crippen molar-refractivity contribution in [3.05, 3.63) is 70.7 Å². The van der Waals surface area contributed by atoms with E-state index >= 15 is 0 Å². The second-order valence-electron chi connectivity index (χ2n) is 6.41. The molecule has 0 saturated carbocycles. The maximum atomic E-state index is 12.7. The van der Waals surface area contributed by atoms with Crippen LogP contribution in [0.2, 0.25) is 0 Å². The predicted molar refractivity (Wildman–Crippen MR) is 108 cm³/mol. The first kappa shape index (κ1) is 18.1. The fourth-order valence-electron chi connectivity index (χ4n) is 3.15. The molecule has 4 rings (SSSR count). The van der Waals surface area contributed by atoms with Gasteiger partial charge in [-0.3, -0.25) is 4.79 Å². The minimum Gasteiger partial charge on any atom is -0.320 e. The zero-order chi connectivity index (χ0) is 19.3. The Balaban J connectivity index is 1.45. The van der Waals surface area contributed by atoms with E-state index in [9.17, 15) is 9.59 Å². The average Bonchev–Trinajstić information content (AvgIpc) is 3.39. The Labute approximate surface area is 166 Å². The van der Waals surface area contributed by atoms with Gasteiger partial charge in [-0.2, -0.15) is 0 Å². The highest BCUT2D eigenvalue weighted by Crippen LogP contribution is 2.34. The van der Waals surface area contributed by atoms with Crippen molar-refractivity contribution in [3.63, 3.8) is 0 Å². The van der Waals surface area contributed by atoms with Crippen LogP contribution in [0.15, 0.2) is 60.7 Å². The molecule has 1 aliphatic rings. The van der Waals surface area contributed by atoms with Gasteiger partial charge in [-0.25, -0.2) is 4.79 Å². The van der Waals surface area contributed by atoms with E-state index in [-0.39, 0.29) is 23.0 Å². The SMILES string of the molecule is O=C(Nc1ccccc1)c1nnc([C@H]2CCCN2C(=O)Nc2ccccc2)s1. The van der Waals surface area contributed by atoms with Gasteiger partial charge in [-0.1, -0.05) is 47.7 Å². The second kappa shape index (κ2) is 8.18. The third-order valence-corrected chi connectivity index (χ3v) is 5.51. The molecule has 3 aromatic rings. The number of carbonyl (C=O) groups excluding carboxylic acids is 2. The van der Waals surface area contributed by atoms with Crippen LogP contribution < -0.4 is 10.6 Å². The third-order valence-electron chi connectivity index (χ3n) is 4.49. The summed E-state index contributed by atoms with van der Waals surface area (Å²) in [6, 6.07) is 18.2. The summed E-state index contributed by atoms with van der Waals surface area (Å²) in [4.78, 5) is 26.8. The van der Waals surface area contributed by atoms with Gasteiger partial charge in [0.2, 0.25) is 5.01 Å². The van der Waals surface area contributed by atoms with Crippen molar-refractivity contribution in [3.8, 4) is 0 Å². The molecule has 1 saturated heterocycles. The van der Waals surface area contributed by atoms with E-state index in [4.69, 9.17) is 0 Å². The Morgan fingerprint density at radius 2 is 1.57 bits per heavy atom. The molecule has 142 valence electrons. The summed E-state index contributed by atoms with van der Waals surface area (Å²) >= 11 is 1.23. The molecule has 1 atom stereocenters. The predicted octanol–water partition coefficient (Wildman–Crippen LogP) is 4.16. The minimum absolute atomic E-state index is 0.167. The molecule has 0 aliphatic carbocycles. The summed E-state index contributed by atoms with van der Waals surface area (Å²) in [5, 5.41) is 14.9. The maximum Gasteiger partial charge on any atom is 0.322 e. The van der Waals surface area contributed by atoms with Crippen LogP contribution in [0.5, 0.6) is 0 Å². The lowest BCUT2D eigenvalue weighted by Gasteiger charge is -2.23. The van der Waals surface area contributed by atoms with Crippen LogP contribution in [0.3, 0.4) is 0 Å². The molecule has 8 heteroatoms. The lowest BCUT2D eigenvalue weighted by Crippen LogP contribution is -2.34. The zero-order valence-corrected chi connectivity index (χ0v) is 15.9. The number of rotatable bonds is 4. The molecule has 3 amide bonds. The van der Waals surface area contributed by atoms with Gasteiger partial charge >= 0.3 is 6.03 Å². The molecule has 28 heavy (non-hydrogen) atoms. The summed E-state index contributed by atoms with van der Waals surface area (Å²) in [6.45, 7) is 0.647. The molecule has 2 aromatic carbocycles. The monoisotopic (exact) mass is 393 g/mol. The van der Waals surface area contributed by atoms with Gasteiger partial charge in [-0.05, 0) is 37.1 Å². The van der Waals surface area contributed by atoms with Crippen LogP contribution in [0.1, 0.15) is 33.7 Å². The Kier molecular flexibility index (Phi) is 5.29. The van der Waals surface area contributed by atoms with Gasteiger partial charge in [0.1, 0.15) is 5.01 Å². The van der Waals surface area contributed by atoms with Gasteiger partial charge in [-0.15, -0.1) is 10.2 Å². The van der Waals surface area contributed by atoms with Crippen LogP contribution in [0.4, 0.5) is 16.2 Å². The number of hydrogen-bond acceptors (Lipinski definition) is 5. The molecular weight excluding hydrogens is 374 g/mol. The van der Waals surface area contributed by atoms with E-state index in [0.29, 0.717) is 17.2 Å². The summed E-state index contributed by atoms with van der Waals surface area (Å²) in [5.41, 5.74) is 1.45. The molecule has 1 fully saturated rings. The molecule has 0 bridgehead atoms. The van der Waals surface area contributed by atoms with Crippen LogP contribution in [0, 0.1) is 0 Å². The average molecular weight is 393 g/mol. The second-order valence-corrected chi connectivity index (χ2v) is 7.42. The largest absolute Gasteiger partial charge is 0.322 e. The molecule has 0 spiro atoms. The number of nitrogens with one attached hydrogen (secondary N) is 2. The standard InChI is InChI=1S/C20H19N5O2S/c26-17(21-14-8-3-1-4-9-14)19-24-23-18(28-19)16-12-7-13-25(16)20(27)22-15-10-5-2-6-11-15/h1-6,8-11,16H,7,12-13H2,(H,21,26)(H,22,27)/t16-/m1/s1. The number of likely N-dealkylation sites (tertiary alicyclic amines) is 1. The number of anilines is 2. The highest BCUT2D eigenvalue weighted by atomic mass is 32.1. The Bertz CT molecular complexity index is 961. The summed E-state index contributed by atoms with van der Waals surface area (Å²) in [6.07, 6.45) is 1.69. The number of benzene rings is 2. The summed E-state index contributed by atoms with van der Waals surface area (Å²) < 4.78 is 0. The molecule has 0 radical (unpaired) electrons. The van der Waals surface area contributed by atoms with E-state index in [0.717, 1.165) is 18.5 Å². The van der Waals surface area contributed by atoms with E-state index < -0.39 is 0 Å². The molecule has 1 aromatic heterocycles. The lowest BCUT2D eigenvalue weighted by atomic mass is 10.2. The van der Waals surface area contributed by atoms with E-state index in [2.05, 4.69) is 20.8 Å². The number of para-hydroxylation sites is 2. The van der Waals surface area contributed by atoms with Crippen molar-refractivity contribution < 1.29 is 9.59 Å². The fourth-order valence-corrected chi connectivity index (χ4v) is 4.04. The van der Waals surface area contributed by atoms with Crippen LogP contribution in [-0.4, -0.2) is 33.6 Å². The molecule has 7 nitrogen and oxygen atoms in total. The molecule has 0 unspecified atom stereocenters. The van der Waals surface area contributed by atoms with Crippen LogP contribution in [0.25, 0.3) is 0 Å². The highest BCUT2D eigenvalue weighted by Gasteiger charge is 2.33. The first-order valence-electron chi connectivity index (χ1n) is 9.03. The summed E-state index contributed by atoms with van der Waals surface area (Å²) in [7, 11) is 0. The molecule has 2 N–H and O–H groups in total. The first-order valence-corrected chi connectivity index (χ1v) is 9.85. The Morgan fingerprint density at radius 3 is 2.25 bits per heavy atom. The number of nitrogens with zero attached hydrogens (tertiary/aromatic N) is 3. The van der Waals surface area contributed by atoms with Gasteiger partial charge in [0.05, 0.1) is 6.04 Å². The van der Waals surface area contributed by atoms with Crippen LogP contribution >= 0.6 is 11.3 Å². The molecule has 2 heterocycles. The number of amides is 3. The van der Waals surface area contributed by atoms with Crippen molar-refractivity contribution in [2.24, 2.45) is 0 Å². The van der Waals surface area contributed by atoms with E-state index in [1.165, 1.54) is 11.3 Å². The summed E-state index contributed by atoms with van der Waals surface area (Å²) in [5.74, 6) is -0.298. The van der Waals surface area contributed by atoms with Crippen molar-refractivity contribution >= 4 is 34.6 Å².